The number of rotatable bonds is 5. The molecule has 0 aliphatic heterocycles. The topological polar surface area (TPSA) is 49.3 Å². The number of aliphatic hydroxyl groups is 1. The minimum atomic E-state index is -0.817. The van der Waals surface area contributed by atoms with Gasteiger partial charge in [-0.1, -0.05) is 25.0 Å². The van der Waals surface area contributed by atoms with Crippen LogP contribution in [0, 0.1) is 5.82 Å². The van der Waals surface area contributed by atoms with Gasteiger partial charge in [-0.15, -0.1) is 0 Å². The Kier molecular flexibility index (Phi) is 4.76. The molecular formula is C16H22FNO2. The number of halogens is 1. The van der Waals surface area contributed by atoms with Crippen molar-refractivity contribution in [2.45, 2.75) is 57.1 Å². The predicted octanol–water partition coefficient (Wildman–Crippen LogP) is 2.57. The highest BCUT2D eigenvalue weighted by molar-refractivity contribution is 5.77. The Hall–Kier alpha value is -1.42. The summed E-state index contributed by atoms with van der Waals surface area (Å²) in [6.45, 7) is 1.89. The Bertz CT molecular complexity index is 469. The van der Waals surface area contributed by atoms with Crippen LogP contribution in [-0.2, 0) is 11.2 Å². The Morgan fingerprint density at radius 2 is 2.15 bits per heavy atom. The SMILES string of the molecule is CC(Cc1cccc(F)c1)NC(=O)CC1(O)CCCC1. The molecule has 2 N–H and O–H groups in total. The van der Waals surface area contributed by atoms with Gasteiger partial charge >= 0.3 is 0 Å². The van der Waals surface area contributed by atoms with E-state index in [1.54, 1.807) is 6.07 Å². The predicted molar refractivity (Wildman–Crippen MR) is 75.7 cm³/mol. The lowest BCUT2D eigenvalue weighted by atomic mass is 9.97. The van der Waals surface area contributed by atoms with Crippen LogP contribution in [0.2, 0.25) is 0 Å². The second kappa shape index (κ2) is 6.35. The molecule has 0 aromatic heterocycles. The molecule has 1 aromatic rings. The third kappa shape index (κ3) is 4.30. The Morgan fingerprint density at radius 3 is 2.80 bits per heavy atom. The molecule has 0 bridgehead atoms. The quantitative estimate of drug-likeness (QED) is 0.870. The monoisotopic (exact) mass is 279 g/mol. The fraction of sp³-hybridized carbons (Fsp3) is 0.562. The molecule has 20 heavy (non-hydrogen) atoms. The molecule has 1 saturated carbocycles. The first-order valence-electron chi connectivity index (χ1n) is 7.23. The van der Waals surface area contributed by atoms with Crippen LogP contribution in [-0.4, -0.2) is 22.7 Å². The van der Waals surface area contributed by atoms with E-state index in [2.05, 4.69) is 5.32 Å². The van der Waals surface area contributed by atoms with Crippen molar-refractivity contribution in [2.24, 2.45) is 0 Å². The summed E-state index contributed by atoms with van der Waals surface area (Å²) in [4.78, 5) is 11.9. The van der Waals surface area contributed by atoms with E-state index in [9.17, 15) is 14.3 Å². The van der Waals surface area contributed by atoms with Crippen molar-refractivity contribution in [1.82, 2.24) is 5.32 Å². The van der Waals surface area contributed by atoms with Crippen molar-refractivity contribution in [3.63, 3.8) is 0 Å². The summed E-state index contributed by atoms with van der Waals surface area (Å²) in [6, 6.07) is 6.32. The fourth-order valence-corrected chi connectivity index (χ4v) is 2.90. The number of nitrogens with one attached hydrogen (secondary N) is 1. The van der Waals surface area contributed by atoms with E-state index in [0.29, 0.717) is 19.3 Å². The molecule has 2 rings (SSSR count). The highest BCUT2D eigenvalue weighted by Gasteiger charge is 2.33. The summed E-state index contributed by atoms with van der Waals surface area (Å²) in [5, 5.41) is 13.1. The summed E-state index contributed by atoms with van der Waals surface area (Å²) in [7, 11) is 0. The van der Waals surface area contributed by atoms with Crippen molar-refractivity contribution in [2.75, 3.05) is 0 Å². The highest BCUT2D eigenvalue weighted by Crippen LogP contribution is 2.32. The number of hydrogen-bond acceptors (Lipinski definition) is 2. The molecule has 1 fully saturated rings. The molecule has 3 nitrogen and oxygen atoms in total. The van der Waals surface area contributed by atoms with E-state index in [1.807, 2.05) is 13.0 Å². The first kappa shape index (κ1) is 15.0. The molecule has 1 atom stereocenters. The first-order valence-corrected chi connectivity index (χ1v) is 7.23. The number of carbonyl (C=O) groups excluding carboxylic acids is 1. The van der Waals surface area contributed by atoms with Crippen LogP contribution in [0.3, 0.4) is 0 Å². The van der Waals surface area contributed by atoms with Gasteiger partial charge in [0.25, 0.3) is 0 Å². The number of benzene rings is 1. The highest BCUT2D eigenvalue weighted by atomic mass is 19.1. The van der Waals surface area contributed by atoms with Crippen LogP contribution >= 0.6 is 0 Å². The molecular weight excluding hydrogens is 257 g/mol. The largest absolute Gasteiger partial charge is 0.389 e. The van der Waals surface area contributed by atoms with Crippen LogP contribution < -0.4 is 5.32 Å². The molecule has 0 spiro atoms. The van der Waals surface area contributed by atoms with Gasteiger partial charge in [0.2, 0.25) is 5.91 Å². The second-order valence-electron chi connectivity index (χ2n) is 5.91. The lowest BCUT2D eigenvalue weighted by Gasteiger charge is -2.22. The molecule has 4 heteroatoms. The molecule has 110 valence electrons. The van der Waals surface area contributed by atoms with Crippen LogP contribution in [0.25, 0.3) is 0 Å². The molecule has 0 radical (unpaired) electrons. The van der Waals surface area contributed by atoms with E-state index >= 15 is 0 Å². The molecule has 0 saturated heterocycles. The molecule has 1 aliphatic rings. The number of carbonyl (C=O) groups is 1. The van der Waals surface area contributed by atoms with E-state index in [1.165, 1.54) is 12.1 Å². The molecule has 1 aromatic carbocycles. The van der Waals surface area contributed by atoms with Gasteiger partial charge in [0.05, 0.1) is 12.0 Å². The molecule has 1 aliphatic carbocycles. The number of hydrogen-bond donors (Lipinski definition) is 2. The molecule has 1 amide bonds. The Morgan fingerprint density at radius 1 is 1.45 bits per heavy atom. The smallest absolute Gasteiger partial charge is 0.223 e. The van der Waals surface area contributed by atoms with Crippen molar-refractivity contribution in [1.29, 1.82) is 0 Å². The lowest BCUT2D eigenvalue weighted by molar-refractivity contribution is -0.126. The summed E-state index contributed by atoms with van der Waals surface area (Å²) >= 11 is 0. The lowest BCUT2D eigenvalue weighted by Crippen LogP contribution is -2.39. The van der Waals surface area contributed by atoms with Crippen molar-refractivity contribution in [3.05, 3.63) is 35.6 Å². The maximum atomic E-state index is 13.1. The van der Waals surface area contributed by atoms with Gasteiger partial charge in [-0.2, -0.15) is 0 Å². The van der Waals surface area contributed by atoms with E-state index < -0.39 is 5.60 Å². The zero-order valence-corrected chi connectivity index (χ0v) is 11.9. The Labute approximate surface area is 119 Å². The third-order valence-corrected chi connectivity index (χ3v) is 3.86. The van der Waals surface area contributed by atoms with Crippen LogP contribution in [0.5, 0.6) is 0 Å². The summed E-state index contributed by atoms with van der Waals surface area (Å²) < 4.78 is 13.1. The zero-order valence-electron chi connectivity index (χ0n) is 11.9. The van der Waals surface area contributed by atoms with Gasteiger partial charge in [-0.25, -0.2) is 4.39 Å². The molecule has 1 unspecified atom stereocenters. The van der Waals surface area contributed by atoms with Crippen molar-refractivity contribution >= 4 is 5.91 Å². The summed E-state index contributed by atoms with van der Waals surface area (Å²) in [5.74, 6) is -0.389. The third-order valence-electron chi connectivity index (χ3n) is 3.86. The van der Waals surface area contributed by atoms with Gasteiger partial charge in [-0.3, -0.25) is 4.79 Å². The van der Waals surface area contributed by atoms with Crippen LogP contribution in [0.15, 0.2) is 24.3 Å². The van der Waals surface area contributed by atoms with Crippen molar-refractivity contribution < 1.29 is 14.3 Å². The zero-order chi connectivity index (χ0) is 14.6. The second-order valence-corrected chi connectivity index (χ2v) is 5.91. The minimum Gasteiger partial charge on any atom is -0.389 e. The number of amides is 1. The summed E-state index contributed by atoms with van der Waals surface area (Å²) in [6.07, 6.45) is 4.14. The van der Waals surface area contributed by atoms with Crippen LogP contribution in [0.4, 0.5) is 4.39 Å². The normalized spacial score (nSPS) is 18.8. The van der Waals surface area contributed by atoms with Gasteiger partial charge in [0.1, 0.15) is 5.82 Å². The van der Waals surface area contributed by atoms with Crippen LogP contribution in [0.1, 0.15) is 44.6 Å². The van der Waals surface area contributed by atoms with E-state index in [4.69, 9.17) is 0 Å². The Balaban J connectivity index is 1.82. The standard InChI is InChI=1S/C16H22FNO2/c1-12(9-13-5-4-6-14(17)10-13)18-15(19)11-16(20)7-2-3-8-16/h4-6,10,12,20H,2-3,7-9,11H2,1H3,(H,18,19). The minimum absolute atomic E-state index is 0.0747. The van der Waals surface area contributed by atoms with E-state index in [0.717, 1.165) is 18.4 Å². The average Bonchev–Trinajstić information content (AvgIpc) is 2.74. The molecule has 0 heterocycles. The average molecular weight is 279 g/mol. The maximum absolute atomic E-state index is 13.1. The van der Waals surface area contributed by atoms with Crippen molar-refractivity contribution in [3.8, 4) is 0 Å². The fourth-order valence-electron chi connectivity index (χ4n) is 2.90. The van der Waals surface area contributed by atoms with Gasteiger partial charge in [0.15, 0.2) is 0 Å². The van der Waals surface area contributed by atoms with Gasteiger partial charge in [0, 0.05) is 6.04 Å². The summed E-state index contributed by atoms with van der Waals surface area (Å²) in [5.41, 5.74) is 0.0419. The van der Waals surface area contributed by atoms with E-state index in [-0.39, 0.29) is 24.2 Å². The first-order chi connectivity index (χ1) is 9.47. The van der Waals surface area contributed by atoms with Gasteiger partial charge in [-0.05, 0) is 43.9 Å². The maximum Gasteiger partial charge on any atom is 0.223 e. The van der Waals surface area contributed by atoms with Gasteiger partial charge < -0.3 is 10.4 Å².